The fourth-order valence-corrected chi connectivity index (χ4v) is 1.77. The Morgan fingerprint density at radius 1 is 1.24 bits per heavy atom. The van der Waals surface area contributed by atoms with Crippen LogP contribution in [0.25, 0.3) is 11.5 Å². The molecule has 17 heavy (non-hydrogen) atoms. The van der Waals surface area contributed by atoms with Gasteiger partial charge in [-0.25, -0.2) is 13.1 Å². The predicted molar refractivity (Wildman–Crippen MR) is 59.9 cm³/mol. The molecule has 2 heterocycles. The molecule has 0 unspecified atom stereocenters. The summed E-state index contributed by atoms with van der Waals surface area (Å²) in [6, 6.07) is 1.58. The van der Waals surface area contributed by atoms with E-state index in [4.69, 9.17) is 8.83 Å². The highest BCUT2D eigenvalue weighted by molar-refractivity contribution is 7.91. The molecule has 2 aromatic heterocycles. The van der Waals surface area contributed by atoms with E-state index in [1.54, 1.807) is 19.9 Å². The van der Waals surface area contributed by atoms with Gasteiger partial charge in [-0.3, -0.25) is 0 Å². The van der Waals surface area contributed by atoms with Crippen LogP contribution < -0.4 is 4.72 Å². The molecule has 0 aliphatic heterocycles. The first kappa shape index (κ1) is 11.6. The number of aryl methyl sites for hydroxylation is 2. The molecule has 1 N–H and O–H groups in total. The minimum absolute atomic E-state index is 0.166. The number of hydrogen-bond acceptors (Lipinski definition) is 6. The van der Waals surface area contributed by atoms with Gasteiger partial charge in [0, 0.05) is 0 Å². The van der Waals surface area contributed by atoms with E-state index < -0.39 is 10.0 Å². The third kappa shape index (κ3) is 2.64. The summed E-state index contributed by atoms with van der Waals surface area (Å²) in [6.07, 6.45) is 1.00. The van der Waals surface area contributed by atoms with Gasteiger partial charge in [0.1, 0.15) is 11.5 Å². The molecule has 0 aliphatic rings. The summed E-state index contributed by atoms with van der Waals surface area (Å²) in [6.45, 7) is 3.55. The Hall–Kier alpha value is -1.83. The molecule has 0 aliphatic carbocycles. The quantitative estimate of drug-likeness (QED) is 0.890. The molecule has 0 spiro atoms. The first-order chi connectivity index (χ1) is 7.85. The molecule has 2 aromatic rings. The van der Waals surface area contributed by atoms with Gasteiger partial charge in [-0.1, -0.05) is 5.10 Å². The van der Waals surface area contributed by atoms with Crippen LogP contribution >= 0.6 is 0 Å². The molecule has 0 fully saturated rings. The Bertz CT molecular complexity index is 641. The maximum Gasteiger partial charge on any atom is 0.329 e. The molecule has 92 valence electrons. The highest BCUT2D eigenvalue weighted by atomic mass is 32.2. The van der Waals surface area contributed by atoms with Crippen LogP contribution in [0.5, 0.6) is 0 Å². The minimum atomic E-state index is -3.42. The van der Waals surface area contributed by atoms with E-state index in [1.807, 2.05) is 0 Å². The number of anilines is 1. The monoisotopic (exact) mass is 257 g/mol. The second-order valence-electron chi connectivity index (χ2n) is 3.61. The molecule has 0 bridgehead atoms. The van der Waals surface area contributed by atoms with Crippen LogP contribution in [-0.4, -0.2) is 24.9 Å². The van der Waals surface area contributed by atoms with E-state index in [1.165, 1.54) is 0 Å². The second-order valence-corrected chi connectivity index (χ2v) is 5.36. The van der Waals surface area contributed by atoms with Crippen molar-refractivity contribution in [2.45, 2.75) is 13.8 Å². The Morgan fingerprint density at radius 3 is 2.47 bits per heavy atom. The van der Waals surface area contributed by atoms with Crippen molar-refractivity contribution in [2.24, 2.45) is 0 Å². The topological polar surface area (TPSA) is 98.2 Å². The van der Waals surface area contributed by atoms with Crippen LogP contribution in [0.3, 0.4) is 0 Å². The summed E-state index contributed by atoms with van der Waals surface area (Å²) in [5.41, 5.74) is 0.650. The highest BCUT2D eigenvalue weighted by Gasteiger charge is 2.16. The number of rotatable bonds is 3. The zero-order chi connectivity index (χ0) is 12.6. The van der Waals surface area contributed by atoms with E-state index in [9.17, 15) is 8.42 Å². The van der Waals surface area contributed by atoms with Crippen molar-refractivity contribution in [1.29, 1.82) is 0 Å². The Balaban J connectivity index is 2.33. The zero-order valence-corrected chi connectivity index (χ0v) is 10.3. The maximum atomic E-state index is 11.0. The summed E-state index contributed by atoms with van der Waals surface area (Å²) in [7, 11) is -3.42. The molecule has 0 atom stereocenters. The number of nitrogens with one attached hydrogen (secondary N) is 1. The van der Waals surface area contributed by atoms with Crippen molar-refractivity contribution < 1.29 is 17.3 Å². The molecule has 7 nitrogen and oxygen atoms in total. The largest absolute Gasteiger partial charge is 0.466 e. The smallest absolute Gasteiger partial charge is 0.329 e. The highest BCUT2D eigenvalue weighted by Crippen LogP contribution is 2.26. The second kappa shape index (κ2) is 3.88. The Kier molecular flexibility index (Phi) is 2.66. The lowest BCUT2D eigenvalue weighted by molar-refractivity contribution is 0.503. The molecule has 0 radical (unpaired) electrons. The summed E-state index contributed by atoms with van der Waals surface area (Å²) in [4.78, 5) is 0. The molecule has 0 saturated heterocycles. The van der Waals surface area contributed by atoms with E-state index in [0.717, 1.165) is 6.26 Å². The van der Waals surface area contributed by atoms with Gasteiger partial charge >= 0.3 is 6.01 Å². The lowest BCUT2D eigenvalue weighted by atomic mass is 10.2. The van der Waals surface area contributed by atoms with Crippen molar-refractivity contribution in [3.05, 3.63) is 17.6 Å². The van der Waals surface area contributed by atoms with Gasteiger partial charge in [0.25, 0.3) is 5.89 Å². The number of furan rings is 1. The number of aromatic nitrogens is 2. The van der Waals surface area contributed by atoms with E-state index in [2.05, 4.69) is 14.9 Å². The third-order valence-corrected chi connectivity index (χ3v) is 2.51. The van der Waals surface area contributed by atoms with Gasteiger partial charge in [-0.2, -0.15) is 0 Å². The minimum Gasteiger partial charge on any atom is -0.466 e. The van der Waals surface area contributed by atoms with E-state index in [0.29, 0.717) is 17.1 Å². The van der Waals surface area contributed by atoms with Gasteiger partial charge in [-0.15, -0.1) is 5.10 Å². The predicted octanol–water partition coefficient (Wildman–Crippen LogP) is 1.32. The zero-order valence-electron chi connectivity index (χ0n) is 9.51. The van der Waals surface area contributed by atoms with Crippen molar-refractivity contribution in [1.82, 2.24) is 10.2 Å². The van der Waals surface area contributed by atoms with Crippen molar-refractivity contribution in [3.8, 4) is 11.5 Å². The first-order valence-corrected chi connectivity index (χ1v) is 6.63. The average Bonchev–Trinajstić information content (AvgIpc) is 2.70. The summed E-state index contributed by atoms with van der Waals surface area (Å²) in [5.74, 6) is 1.57. The van der Waals surface area contributed by atoms with Crippen LogP contribution in [0.1, 0.15) is 11.5 Å². The van der Waals surface area contributed by atoms with Crippen molar-refractivity contribution >= 4 is 16.0 Å². The van der Waals surface area contributed by atoms with Gasteiger partial charge in [0.15, 0.2) is 0 Å². The van der Waals surface area contributed by atoms with Gasteiger partial charge < -0.3 is 8.83 Å². The normalized spacial score (nSPS) is 11.7. The summed E-state index contributed by atoms with van der Waals surface area (Å²) in [5, 5.41) is 7.32. The fraction of sp³-hybridized carbons (Fsp3) is 0.333. The number of nitrogens with zero attached hydrogens (tertiary/aromatic N) is 2. The Labute approximate surface area is 97.9 Å². The van der Waals surface area contributed by atoms with Crippen molar-refractivity contribution in [3.63, 3.8) is 0 Å². The van der Waals surface area contributed by atoms with Crippen LogP contribution in [0.15, 0.2) is 14.9 Å². The number of hydrogen-bond donors (Lipinski definition) is 1. The average molecular weight is 257 g/mol. The van der Waals surface area contributed by atoms with Gasteiger partial charge in [0.05, 0.1) is 11.8 Å². The Morgan fingerprint density at radius 2 is 1.94 bits per heavy atom. The van der Waals surface area contributed by atoms with E-state index in [-0.39, 0.29) is 11.9 Å². The van der Waals surface area contributed by atoms with E-state index >= 15 is 0 Å². The molecule has 8 heteroatoms. The van der Waals surface area contributed by atoms with Gasteiger partial charge in [0.2, 0.25) is 10.0 Å². The molecule has 2 rings (SSSR count). The SMILES string of the molecule is Cc1cc(-c2nnc(NS(C)(=O)=O)o2)c(C)o1. The summed E-state index contributed by atoms with van der Waals surface area (Å²) < 4.78 is 34.5. The van der Waals surface area contributed by atoms with Crippen LogP contribution in [-0.2, 0) is 10.0 Å². The van der Waals surface area contributed by atoms with Crippen molar-refractivity contribution in [2.75, 3.05) is 11.0 Å². The molecule has 0 amide bonds. The molecule has 0 saturated carbocycles. The lowest BCUT2D eigenvalue weighted by Gasteiger charge is -1.94. The third-order valence-electron chi connectivity index (χ3n) is 1.97. The first-order valence-electron chi connectivity index (χ1n) is 4.74. The van der Waals surface area contributed by atoms with Gasteiger partial charge in [-0.05, 0) is 19.9 Å². The standard InChI is InChI=1S/C9H11N3O4S/c1-5-4-7(6(2)15-5)8-10-11-9(16-8)12-17(3,13)14/h4H,1-3H3,(H,11,12). The van der Waals surface area contributed by atoms with Crippen LogP contribution in [0.2, 0.25) is 0 Å². The van der Waals surface area contributed by atoms with Crippen LogP contribution in [0, 0.1) is 13.8 Å². The lowest BCUT2D eigenvalue weighted by Crippen LogP contribution is -2.09. The molecule has 0 aromatic carbocycles. The summed E-state index contributed by atoms with van der Waals surface area (Å²) >= 11 is 0. The molecular formula is C9H11N3O4S. The maximum absolute atomic E-state index is 11.0. The molecular weight excluding hydrogens is 246 g/mol. The number of sulfonamides is 1. The van der Waals surface area contributed by atoms with Crippen LogP contribution in [0.4, 0.5) is 6.01 Å². The fourth-order valence-electron chi connectivity index (χ4n) is 1.38.